The summed E-state index contributed by atoms with van der Waals surface area (Å²) in [5.41, 5.74) is 8.82. The summed E-state index contributed by atoms with van der Waals surface area (Å²) in [5.74, 6) is 0.569. The molecule has 0 radical (unpaired) electrons. The summed E-state index contributed by atoms with van der Waals surface area (Å²) < 4.78 is 18.8. The number of rotatable bonds is 6. The molecular weight excluding hydrogens is 279 g/mol. The summed E-state index contributed by atoms with van der Waals surface area (Å²) in [6.07, 6.45) is 2.37. The summed E-state index contributed by atoms with van der Waals surface area (Å²) in [6, 6.07) is 4.45. The number of hydrazone groups is 1. The molecule has 5 nitrogen and oxygen atoms in total. The predicted octanol–water partition coefficient (Wildman–Crippen LogP) is 3.10. The summed E-state index contributed by atoms with van der Waals surface area (Å²) >= 11 is 1.34. The lowest BCUT2D eigenvalue weighted by molar-refractivity contribution is 0.316. The zero-order valence-corrected chi connectivity index (χ0v) is 11.8. The highest BCUT2D eigenvalue weighted by Crippen LogP contribution is 2.17. The Balaban J connectivity index is 2.02. The molecule has 0 atom stereocenters. The molecule has 0 spiro atoms. The van der Waals surface area contributed by atoms with Gasteiger partial charge in [-0.05, 0) is 18.6 Å². The molecule has 0 bridgehead atoms. The SMILES string of the molecule is CCCOc1cc(F)cc(C=NNc2nc(N)cs2)c1. The normalized spacial score (nSPS) is 10.9. The zero-order valence-electron chi connectivity index (χ0n) is 11.0. The Morgan fingerprint density at radius 2 is 2.35 bits per heavy atom. The van der Waals surface area contributed by atoms with Crippen molar-refractivity contribution in [3.8, 4) is 5.75 Å². The van der Waals surface area contributed by atoms with E-state index in [9.17, 15) is 4.39 Å². The molecule has 20 heavy (non-hydrogen) atoms. The molecule has 0 unspecified atom stereocenters. The number of hydrogen-bond acceptors (Lipinski definition) is 6. The van der Waals surface area contributed by atoms with Gasteiger partial charge in [-0.2, -0.15) is 5.10 Å². The number of benzene rings is 1. The largest absolute Gasteiger partial charge is 0.493 e. The fourth-order valence-corrected chi connectivity index (χ4v) is 2.01. The fraction of sp³-hybridized carbons (Fsp3) is 0.231. The molecule has 106 valence electrons. The van der Waals surface area contributed by atoms with Crippen LogP contribution in [-0.4, -0.2) is 17.8 Å². The first-order valence-corrected chi connectivity index (χ1v) is 6.99. The van der Waals surface area contributed by atoms with Gasteiger partial charge in [-0.1, -0.05) is 6.92 Å². The third kappa shape index (κ3) is 4.20. The highest BCUT2D eigenvalue weighted by atomic mass is 32.1. The van der Waals surface area contributed by atoms with Crippen molar-refractivity contribution in [3.05, 3.63) is 35.0 Å². The molecule has 0 fully saturated rings. The number of nitrogen functional groups attached to an aromatic ring is 1. The molecule has 0 aliphatic rings. The molecule has 3 N–H and O–H groups in total. The van der Waals surface area contributed by atoms with Crippen molar-refractivity contribution in [2.24, 2.45) is 5.10 Å². The number of nitrogens with two attached hydrogens (primary N) is 1. The van der Waals surface area contributed by atoms with E-state index in [2.05, 4.69) is 15.5 Å². The molecule has 0 saturated heterocycles. The predicted molar refractivity (Wildman–Crippen MR) is 79.9 cm³/mol. The van der Waals surface area contributed by atoms with Gasteiger partial charge < -0.3 is 10.5 Å². The van der Waals surface area contributed by atoms with Gasteiger partial charge in [-0.25, -0.2) is 9.37 Å². The Kier molecular flexibility index (Phi) is 4.89. The molecule has 1 heterocycles. The Bertz CT molecular complexity index is 600. The quantitative estimate of drug-likeness (QED) is 0.634. The van der Waals surface area contributed by atoms with Crippen LogP contribution in [0.5, 0.6) is 5.75 Å². The van der Waals surface area contributed by atoms with Crippen molar-refractivity contribution in [3.63, 3.8) is 0 Å². The van der Waals surface area contributed by atoms with Gasteiger partial charge in [0, 0.05) is 17.0 Å². The molecule has 0 saturated carbocycles. The van der Waals surface area contributed by atoms with E-state index in [-0.39, 0.29) is 5.82 Å². The summed E-state index contributed by atoms with van der Waals surface area (Å²) in [5, 5.41) is 6.27. The summed E-state index contributed by atoms with van der Waals surface area (Å²) in [4.78, 5) is 3.99. The first-order chi connectivity index (χ1) is 9.67. The molecule has 0 amide bonds. The number of nitrogens with one attached hydrogen (secondary N) is 1. The van der Waals surface area contributed by atoms with Gasteiger partial charge in [-0.3, -0.25) is 5.43 Å². The van der Waals surface area contributed by atoms with Crippen LogP contribution in [0.25, 0.3) is 0 Å². The number of nitrogens with zero attached hydrogens (tertiary/aromatic N) is 2. The van der Waals surface area contributed by atoms with Crippen LogP contribution in [-0.2, 0) is 0 Å². The van der Waals surface area contributed by atoms with E-state index in [4.69, 9.17) is 10.5 Å². The number of anilines is 2. The maximum absolute atomic E-state index is 13.4. The molecule has 1 aromatic carbocycles. The van der Waals surface area contributed by atoms with Crippen molar-refractivity contribution in [2.45, 2.75) is 13.3 Å². The molecule has 0 aliphatic heterocycles. The van der Waals surface area contributed by atoms with E-state index < -0.39 is 0 Å². The van der Waals surface area contributed by atoms with Gasteiger partial charge in [0.2, 0.25) is 5.13 Å². The van der Waals surface area contributed by atoms with Crippen LogP contribution in [0.3, 0.4) is 0 Å². The van der Waals surface area contributed by atoms with Crippen molar-refractivity contribution < 1.29 is 9.13 Å². The minimum atomic E-state index is -0.362. The van der Waals surface area contributed by atoms with Crippen LogP contribution in [0.4, 0.5) is 15.3 Å². The van der Waals surface area contributed by atoms with Gasteiger partial charge in [0.05, 0.1) is 12.8 Å². The van der Waals surface area contributed by atoms with Crippen molar-refractivity contribution >= 4 is 28.5 Å². The average Bonchev–Trinajstić information content (AvgIpc) is 2.81. The number of thiazole rings is 1. The van der Waals surface area contributed by atoms with Crippen molar-refractivity contribution in [2.75, 3.05) is 17.8 Å². The van der Waals surface area contributed by atoms with E-state index in [1.54, 1.807) is 11.4 Å². The standard InChI is InChI=1S/C13H15FN4OS/c1-2-3-19-11-5-9(4-10(14)6-11)7-16-18-13-17-12(15)8-20-13/h4-8H,2-3,15H2,1H3,(H,17,18). The number of aromatic nitrogens is 1. The van der Waals surface area contributed by atoms with Crippen LogP contribution in [0.2, 0.25) is 0 Å². The molecular formula is C13H15FN4OS. The molecule has 2 aromatic rings. The molecule has 1 aromatic heterocycles. The highest BCUT2D eigenvalue weighted by Gasteiger charge is 2.00. The van der Waals surface area contributed by atoms with E-state index in [1.807, 2.05) is 6.92 Å². The van der Waals surface area contributed by atoms with Gasteiger partial charge in [-0.15, -0.1) is 11.3 Å². The Labute approximate surface area is 120 Å². The number of halogens is 1. The second-order valence-corrected chi connectivity index (χ2v) is 4.87. The van der Waals surface area contributed by atoms with Gasteiger partial charge >= 0.3 is 0 Å². The number of hydrogen-bond donors (Lipinski definition) is 2. The van der Waals surface area contributed by atoms with Gasteiger partial charge in [0.25, 0.3) is 0 Å². The average molecular weight is 294 g/mol. The first kappa shape index (κ1) is 14.3. The Morgan fingerprint density at radius 1 is 1.50 bits per heavy atom. The third-order valence-corrected chi connectivity index (χ3v) is 3.03. The molecule has 0 aliphatic carbocycles. The van der Waals surface area contributed by atoms with Crippen LogP contribution in [0, 0.1) is 5.82 Å². The molecule has 2 rings (SSSR count). The van der Waals surface area contributed by atoms with E-state index >= 15 is 0 Å². The maximum Gasteiger partial charge on any atom is 0.205 e. The lowest BCUT2D eigenvalue weighted by Crippen LogP contribution is -1.97. The van der Waals surface area contributed by atoms with Gasteiger partial charge in [0.15, 0.2) is 0 Å². The Hall–Kier alpha value is -2.15. The van der Waals surface area contributed by atoms with Crippen LogP contribution in [0.15, 0.2) is 28.7 Å². The number of ether oxygens (including phenoxy) is 1. The fourth-order valence-electron chi connectivity index (χ4n) is 1.46. The van der Waals surface area contributed by atoms with E-state index in [0.717, 1.165) is 6.42 Å². The Morgan fingerprint density at radius 3 is 3.05 bits per heavy atom. The second kappa shape index (κ2) is 6.85. The highest BCUT2D eigenvalue weighted by molar-refractivity contribution is 7.14. The minimum absolute atomic E-state index is 0.362. The lowest BCUT2D eigenvalue weighted by atomic mass is 10.2. The minimum Gasteiger partial charge on any atom is -0.493 e. The first-order valence-electron chi connectivity index (χ1n) is 6.11. The van der Waals surface area contributed by atoms with E-state index in [1.165, 1.54) is 29.7 Å². The molecule has 7 heteroatoms. The van der Waals surface area contributed by atoms with Crippen molar-refractivity contribution in [1.29, 1.82) is 0 Å². The van der Waals surface area contributed by atoms with Crippen molar-refractivity contribution in [1.82, 2.24) is 4.98 Å². The maximum atomic E-state index is 13.4. The topological polar surface area (TPSA) is 72.5 Å². The zero-order chi connectivity index (χ0) is 14.4. The van der Waals surface area contributed by atoms with Crippen LogP contribution >= 0.6 is 11.3 Å². The van der Waals surface area contributed by atoms with E-state index in [0.29, 0.717) is 28.9 Å². The third-order valence-electron chi connectivity index (χ3n) is 2.26. The summed E-state index contributed by atoms with van der Waals surface area (Å²) in [7, 11) is 0. The lowest BCUT2D eigenvalue weighted by Gasteiger charge is -2.05. The monoisotopic (exact) mass is 294 g/mol. The van der Waals surface area contributed by atoms with Crippen LogP contribution in [0.1, 0.15) is 18.9 Å². The smallest absolute Gasteiger partial charge is 0.205 e. The van der Waals surface area contributed by atoms with Crippen LogP contribution < -0.4 is 15.9 Å². The summed E-state index contributed by atoms with van der Waals surface area (Å²) in [6.45, 7) is 2.54. The second-order valence-electron chi connectivity index (χ2n) is 4.02. The van der Waals surface area contributed by atoms with Gasteiger partial charge in [0.1, 0.15) is 17.4 Å².